The van der Waals surface area contributed by atoms with E-state index < -0.39 is 0 Å². The molecule has 0 unspecified atom stereocenters. The highest BCUT2D eigenvalue weighted by molar-refractivity contribution is 8.03. The fourth-order valence-electron chi connectivity index (χ4n) is 3.15. The van der Waals surface area contributed by atoms with Crippen molar-refractivity contribution in [1.82, 2.24) is 5.32 Å². The van der Waals surface area contributed by atoms with Gasteiger partial charge in [-0.3, -0.25) is 4.79 Å². The Bertz CT molecular complexity index is 1110. The Morgan fingerprint density at radius 2 is 1.96 bits per heavy atom. The third kappa shape index (κ3) is 3.74. The molecule has 1 N–H and O–H groups in total. The van der Waals surface area contributed by atoms with Crippen LogP contribution >= 0.6 is 46.3 Å². The molecule has 0 atom stereocenters. The number of aromatic nitrogens is 1. The van der Waals surface area contributed by atoms with E-state index in [2.05, 4.69) is 33.8 Å². The number of fused-ring (bicyclic) bond motifs is 2. The summed E-state index contributed by atoms with van der Waals surface area (Å²) in [5.41, 5.74) is 2.13. The zero-order chi connectivity index (χ0) is 19.8. The zero-order valence-corrected chi connectivity index (χ0v) is 18.5. The van der Waals surface area contributed by atoms with Gasteiger partial charge in [-0.25, -0.2) is 0 Å². The van der Waals surface area contributed by atoms with Crippen LogP contribution in [-0.4, -0.2) is 12.5 Å². The molecule has 1 aliphatic heterocycles. The maximum atomic E-state index is 11.5. The molecule has 0 saturated heterocycles. The fraction of sp³-hybridized carbons (Fsp3) is 0.200. The predicted octanol–water partition coefficient (Wildman–Crippen LogP) is 5.52. The number of benzene rings is 2. The van der Waals surface area contributed by atoms with E-state index in [9.17, 15) is 4.79 Å². The summed E-state index contributed by atoms with van der Waals surface area (Å²) in [4.78, 5) is 14.9. The monoisotopic (exact) mass is 450 g/mol. The molecule has 4 rings (SSSR count). The number of amides is 1. The lowest BCUT2D eigenvalue weighted by Gasteiger charge is -2.17. The maximum Gasteiger partial charge on any atom is 0.267 e. The van der Waals surface area contributed by atoms with Crippen LogP contribution in [0, 0.1) is 0 Å². The molecule has 2 aromatic carbocycles. The molecule has 1 aromatic heterocycles. The van der Waals surface area contributed by atoms with Gasteiger partial charge in [-0.2, -0.15) is 4.57 Å². The van der Waals surface area contributed by atoms with Crippen molar-refractivity contribution in [3.05, 3.63) is 56.5 Å². The molecule has 1 aliphatic rings. The molecule has 3 aromatic rings. The summed E-state index contributed by atoms with van der Waals surface area (Å²) in [6.45, 7) is 4.88. The smallest absolute Gasteiger partial charge is 0.267 e. The third-order valence-electron chi connectivity index (χ3n) is 4.43. The number of thiazole rings is 1. The summed E-state index contributed by atoms with van der Waals surface area (Å²) < 4.78 is 3.21. The van der Waals surface area contributed by atoms with Gasteiger partial charge in [0.05, 0.1) is 16.8 Å². The number of hydrogen-bond acceptors (Lipinski definition) is 4. The molecule has 0 radical (unpaired) electrons. The van der Waals surface area contributed by atoms with Gasteiger partial charge < -0.3 is 10.2 Å². The van der Waals surface area contributed by atoms with Crippen molar-refractivity contribution in [3.63, 3.8) is 0 Å². The van der Waals surface area contributed by atoms with E-state index in [1.165, 1.54) is 11.8 Å². The summed E-state index contributed by atoms with van der Waals surface area (Å²) in [5, 5.41) is 6.48. The average Bonchev–Trinajstić information content (AvgIpc) is 3.16. The highest BCUT2D eigenvalue weighted by atomic mass is 35.5. The van der Waals surface area contributed by atoms with Crippen LogP contribution in [0.25, 0.3) is 16.3 Å². The van der Waals surface area contributed by atoms with Crippen molar-refractivity contribution in [3.8, 4) is 0 Å². The van der Waals surface area contributed by atoms with Crippen LogP contribution in [0.5, 0.6) is 0 Å². The second-order valence-electron chi connectivity index (χ2n) is 6.31. The number of anilines is 1. The summed E-state index contributed by atoms with van der Waals surface area (Å²) in [6, 6.07) is 11.8. The van der Waals surface area contributed by atoms with Gasteiger partial charge in [-0.05, 0) is 37.3 Å². The Hall–Kier alpha value is -1.73. The minimum Gasteiger partial charge on any atom is -0.335 e. The minimum absolute atomic E-state index is 0.0695. The second-order valence-corrected chi connectivity index (χ2v) is 9.31. The first-order chi connectivity index (χ1) is 13.5. The van der Waals surface area contributed by atoms with Gasteiger partial charge in [-0.1, -0.05) is 46.3 Å². The van der Waals surface area contributed by atoms with Gasteiger partial charge in [0.25, 0.3) is 5.01 Å². The van der Waals surface area contributed by atoms with Crippen molar-refractivity contribution in [1.29, 1.82) is 0 Å². The molecule has 0 bridgehead atoms. The van der Waals surface area contributed by atoms with E-state index in [0.717, 1.165) is 37.5 Å². The molecule has 144 valence electrons. The predicted molar refractivity (Wildman–Crippen MR) is 119 cm³/mol. The number of carbonyl (C=O) groups excluding carboxylic acids is 1. The lowest BCUT2D eigenvalue weighted by Crippen LogP contribution is -2.44. The van der Waals surface area contributed by atoms with E-state index in [1.54, 1.807) is 23.1 Å². The van der Waals surface area contributed by atoms with Crippen molar-refractivity contribution in [2.75, 3.05) is 11.4 Å². The fourth-order valence-corrected chi connectivity index (χ4v) is 5.78. The Kier molecular flexibility index (Phi) is 5.56. The molecule has 2 heterocycles. The van der Waals surface area contributed by atoms with Crippen LogP contribution < -0.4 is 14.8 Å². The normalized spacial score (nSPS) is 14.7. The lowest BCUT2D eigenvalue weighted by molar-refractivity contribution is -0.672. The van der Waals surface area contributed by atoms with Crippen LogP contribution in [0.2, 0.25) is 10.0 Å². The number of nitrogens with one attached hydrogen (secondary N) is 1. The summed E-state index contributed by atoms with van der Waals surface area (Å²) >= 11 is 15.8. The SMILES string of the molecule is CCN1/C(=C/c2sc3ccc(Cl)cc3[n+]2CNC(C)=O)Sc2ccc(Cl)cc21. The topological polar surface area (TPSA) is 36.2 Å². The highest BCUT2D eigenvalue weighted by Crippen LogP contribution is 2.47. The Balaban J connectivity index is 1.80. The molecular weight excluding hydrogens is 433 g/mol. The van der Waals surface area contributed by atoms with E-state index in [-0.39, 0.29) is 5.91 Å². The van der Waals surface area contributed by atoms with Crippen LogP contribution in [0.3, 0.4) is 0 Å². The first kappa shape index (κ1) is 19.6. The van der Waals surface area contributed by atoms with E-state index >= 15 is 0 Å². The number of rotatable bonds is 4. The van der Waals surface area contributed by atoms with E-state index in [0.29, 0.717) is 11.7 Å². The number of halogens is 2. The zero-order valence-electron chi connectivity index (χ0n) is 15.3. The van der Waals surface area contributed by atoms with Crippen LogP contribution in [-0.2, 0) is 11.5 Å². The minimum atomic E-state index is -0.0695. The Morgan fingerprint density at radius 1 is 1.21 bits per heavy atom. The quantitative estimate of drug-likeness (QED) is 0.531. The van der Waals surface area contributed by atoms with Crippen molar-refractivity contribution >= 4 is 74.2 Å². The van der Waals surface area contributed by atoms with Gasteiger partial charge in [0.2, 0.25) is 18.1 Å². The number of thioether (sulfide) groups is 1. The Labute approximate surface area is 181 Å². The molecule has 0 aliphatic carbocycles. The van der Waals surface area contributed by atoms with Gasteiger partial charge >= 0.3 is 0 Å². The molecule has 0 fully saturated rings. The molecule has 0 spiro atoms. The van der Waals surface area contributed by atoms with E-state index in [1.807, 2.05) is 30.3 Å². The van der Waals surface area contributed by atoms with Gasteiger partial charge in [-0.15, -0.1) is 0 Å². The summed E-state index contributed by atoms with van der Waals surface area (Å²) in [6.07, 6.45) is 2.17. The van der Waals surface area contributed by atoms with Gasteiger partial charge in [0, 0.05) is 34.5 Å². The second kappa shape index (κ2) is 7.95. The number of hydrogen-bond donors (Lipinski definition) is 1. The molecule has 1 amide bonds. The van der Waals surface area contributed by atoms with Crippen LogP contribution in [0.4, 0.5) is 5.69 Å². The summed E-state index contributed by atoms with van der Waals surface area (Å²) in [7, 11) is 0. The van der Waals surface area contributed by atoms with Gasteiger partial charge in [0.1, 0.15) is 4.70 Å². The third-order valence-corrected chi connectivity index (χ3v) is 7.13. The first-order valence-corrected chi connectivity index (χ1v) is 11.2. The number of nitrogens with zero attached hydrogens (tertiary/aromatic N) is 2. The maximum absolute atomic E-state index is 11.5. The lowest BCUT2D eigenvalue weighted by atomic mass is 10.3. The number of carbonyl (C=O) groups is 1. The molecule has 28 heavy (non-hydrogen) atoms. The van der Waals surface area contributed by atoms with Crippen LogP contribution in [0.1, 0.15) is 18.9 Å². The van der Waals surface area contributed by atoms with Crippen LogP contribution in [0.15, 0.2) is 46.3 Å². The highest BCUT2D eigenvalue weighted by Gasteiger charge is 2.27. The van der Waals surface area contributed by atoms with E-state index in [4.69, 9.17) is 23.2 Å². The van der Waals surface area contributed by atoms with Crippen molar-refractivity contribution in [2.24, 2.45) is 0 Å². The first-order valence-electron chi connectivity index (χ1n) is 8.79. The molecule has 8 heteroatoms. The Morgan fingerprint density at radius 3 is 2.71 bits per heavy atom. The molecule has 4 nitrogen and oxygen atoms in total. The van der Waals surface area contributed by atoms with Crippen molar-refractivity contribution in [2.45, 2.75) is 25.4 Å². The largest absolute Gasteiger partial charge is 0.335 e. The average molecular weight is 451 g/mol. The van der Waals surface area contributed by atoms with Gasteiger partial charge in [0.15, 0.2) is 0 Å². The van der Waals surface area contributed by atoms with Crippen molar-refractivity contribution < 1.29 is 9.36 Å². The molecular formula is C20H18Cl2N3OS2+. The molecule has 0 saturated carbocycles. The standard InChI is InChI=1S/C20H17Cl2N3OS2/c1-3-24-15-8-13(21)4-6-17(15)27-19(24)10-20-25(11-23-12(2)26)16-9-14(22)5-7-18(16)28-20/h4-10H,3,11H2,1-2H3/p+1. The summed E-state index contributed by atoms with van der Waals surface area (Å²) in [5.74, 6) is -0.0695.